The number of likely N-dealkylation sites (N-methyl/N-ethyl adjacent to an activating group) is 1. The van der Waals surface area contributed by atoms with E-state index in [1.54, 1.807) is 0 Å². The fraction of sp³-hybridized carbons (Fsp3) is 0.579. The van der Waals surface area contributed by atoms with E-state index < -0.39 is 0 Å². The van der Waals surface area contributed by atoms with E-state index in [-0.39, 0.29) is 11.7 Å². The zero-order chi connectivity index (χ0) is 18.5. The summed E-state index contributed by atoms with van der Waals surface area (Å²) in [6.45, 7) is 7.61. The smallest absolute Gasteiger partial charge is 0.123 e. The van der Waals surface area contributed by atoms with Crippen molar-refractivity contribution in [2.45, 2.75) is 32.5 Å². The third-order valence-corrected chi connectivity index (χ3v) is 4.71. The molecule has 26 heavy (non-hydrogen) atoms. The van der Waals surface area contributed by atoms with Gasteiger partial charge >= 0.3 is 0 Å². The van der Waals surface area contributed by atoms with Gasteiger partial charge in [0.1, 0.15) is 11.5 Å². The number of aryl methyl sites for hydroxylation is 1. The Morgan fingerprint density at radius 3 is 2.73 bits per heavy atom. The van der Waals surface area contributed by atoms with E-state index in [0.717, 1.165) is 44.0 Å². The maximum absolute atomic E-state index is 13.1. The molecule has 1 atom stereocenters. The summed E-state index contributed by atoms with van der Waals surface area (Å²) in [4.78, 5) is 4.45. The first-order chi connectivity index (χ1) is 12.6. The number of fused-ring (bicyclic) bond motifs is 1. The summed E-state index contributed by atoms with van der Waals surface area (Å²) in [7, 11) is 4.09. The molecule has 0 unspecified atom stereocenters. The lowest BCUT2D eigenvalue weighted by Crippen LogP contribution is -2.36. The monoisotopic (exact) mass is 361 g/mol. The van der Waals surface area contributed by atoms with E-state index in [2.05, 4.69) is 27.0 Å². The van der Waals surface area contributed by atoms with Crippen molar-refractivity contribution in [3.63, 3.8) is 0 Å². The van der Waals surface area contributed by atoms with Crippen LogP contribution < -0.4 is 0 Å². The molecule has 2 aromatic rings. The fourth-order valence-corrected chi connectivity index (χ4v) is 3.40. The Balaban J connectivity index is 1.69. The normalized spacial score (nSPS) is 17.7. The lowest BCUT2D eigenvalue weighted by atomic mass is 9.98. The zero-order valence-corrected chi connectivity index (χ0v) is 15.9. The van der Waals surface area contributed by atoms with Crippen LogP contribution in [0.5, 0.6) is 0 Å². The third kappa shape index (κ3) is 4.66. The van der Waals surface area contributed by atoms with Crippen molar-refractivity contribution < 1.29 is 9.13 Å². The predicted molar refractivity (Wildman–Crippen MR) is 98.3 cm³/mol. The Labute approximate surface area is 154 Å². The number of ether oxygens (including phenoxy) is 1. The minimum atomic E-state index is -0.201. The van der Waals surface area contributed by atoms with E-state index in [1.165, 1.54) is 17.8 Å². The van der Waals surface area contributed by atoms with Crippen molar-refractivity contribution in [2.75, 3.05) is 40.4 Å². The number of aromatic nitrogens is 3. The molecule has 0 saturated carbocycles. The molecule has 0 aliphatic carbocycles. The molecule has 0 saturated heterocycles. The van der Waals surface area contributed by atoms with E-state index in [0.29, 0.717) is 13.2 Å². The Hall–Kier alpha value is -1.83. The molecule has 0 bridgehead atoms. The molecule has 0 amide bonds. The highest BCUT2D eigenvalue weighted by atomic mass is 19.1. The van der Waals surface area contributed by atoms with E-state index in [4.69, 9.17) is 4.74 Å². The largest absolute Gasteiger partial charge is 0.379 e. The van der Waals surface area contributed by atoms with Gasteiger partial charge < -0.3 is 9.64 Å². The van der Waals surface area contributed by atoms with Gasteiger partial charge in [-0.05, 0) is 38.7 Å². The van der Waals surface area contributed by atoms with Gasteiger partial charge in [-0.1, -0.05) is 17.3 Å². The van der Waals surface area contributed by atoms with Crippen LogP contribution in [0, 0.1) is 5.82 Å². The average molecular weight is 361 g/mol. The van der Waals surface area contributed by atoms with E-state index >= 15 is 0 Å². The molecule has 0 spiro atoms. The highest BCUT2D eigenvalue weighted by Crippen LogP contribution is 2.28. The fourth-order valence-electron chi connectivity index (χ4n) is 3.40. The standard InChI is InChI=1S/C19H28FN5O/c1-4-25-19-16(14-26-10-9-23(2)3)12-24(13-18(19)21-22-25)11-15-5-7-17(20)8-6-15/h5-8,16H,4,9-14H2,1-3H3/t16-/m1/s1. The van der Waals surface area contributed by atoms with E-state index in [1.807, 2.05) is 30.9 Å². The van der Waals surface area contributed by atoms with Gasteiger partial charge in [-0.25, -0.2) is 9.07 Å². The van der Waals surface area contributed by atoms with Crippen LogP contribution in [0.4, 0.5) is 4.39 Å². The van der Waals surface area contributed by atoms with Gasteiger partial charge in [-0.2, -0.15) is 0 Å². The molecule has 1 aliphatic heterocycles. The van der Waals surface area contributed by atoms with Crippen LogP contribution in [0.15, 0.2) is 24.3 Å². The summed E-state index contributed by atoms with van der Waals surface area (Å²) in [6.07, 6.45) is 0. The summed E-state index contributed by atoms with van der Waals surface area (Å²) in [6, 6.07) is 6.71. The minimum Gasteiger partial charge on any atom is -0.379 e. The van der Waals surface area contributed by atoms with Crippen LogP contribution in [-0.4, -0.2) is 65.2 Å². The first kappa shape index (κ1) is 18.9. The molecule has 0 N–H and O–H groups in total. The molecule has 7 heteroatoms. The van der Waals surface area contributed by atoms with Crippen molar-refractivity contribution in [3.8, 4) is 0 Å². The van der Waals surface area contributed by atoms with Crippen molar-refractivity contribution in [2.24, 2.45) is 0 Å². The van der Waals surface area contributed by atoms with E-state index in [9.17, 15) is 4.39 Å². The van der Waals surface area contributed by atoms with Crippen LogP contribution >= 0.6 is 0 Å². The van der Waals surface area contributed by atoms with Crippen molar-refractivity contribution in [3.05, 3.63) is 47.0 Å². The molecular weight excluding hydrogens is 333 g/mol. The minimum absolute atomic E-state index is 0.201. The maximum Gasteiger partial charge on any atom is 0.123 e. The van der Waals surface area contributed by atoms with Gasteiger partial charge in [0.05, 0.1) is 18.9 Å². The Kier molecular flexibility index (Phi) is 6.34. The lowest BCUT2D eigenvalue weighted by molar-refractivity contribution is 0.0832. The molecule has 0 fully saturated rings. The van der Waals surface area contributed by atoms with Gasteiger partial charge in [0.2, 0.25) is 0 Å². The van der Waals surface area contributed by atoms with Crippen molar-refractivity contribution in [1.29, 1.82) is 0 Å². The molecule has 2 heterocycles. The van der Waals surface area contributed by atoms with Crippen LogP contribution in [0.2, 0.25) is 0 Å². The number of hydrogen-bond donors (Lipinski definition) is 0. The second-order valence-corrected chi connectivity index (χ2v) is 7.11. The molecule has 3 rings (SSSR count). The van der Waals surface area contributed by atoms with Gasteiger partial charge in [0.25, 0.3) is 0 Å². The number of nitrogens with zero attached hydrogens (tertiary/aromatic N) is 5. The summed E-state index contributed by atoms with van der Waals surface area (Å²) in [5, 5.41) is 8.69. The topological polar surface area (TPSA) is 46.4 Å². The predicted octanol–water partition coefficient (Wildman–Crippen LogP) is 2.11. The highest BCUT2D eigenvalue weighted by molar-refractivity contribution is 5.21. The first-order valence-electron chi connectivity index (χ1n) is 9.18. The van der Waals surface area contributed by atoms with Gasteiger partial charge in [-0.15, -0.1) is 5.10 Å². The molecule has 6 nitrogen and oxygen atoms in total. The third-order valence-electron chi connectivity index (χ3n) is 4.71. The van der Waals surface area contributed by atoms with Crippen LogP contribution in [-0.2, 0) is 24.4 Å². The summed E-state index contributed by atoms with van der Waals surface area (Å²) in [5.41, 5.74) is 3.33. The van der Waals surface area contributed by atoms with Crippen LogP contribution in [0.3, 0.4) is 0 Å². The number of rotatable bonds is 8. The maximum atomic E-state index is 13.1. The average Bonchev–Trinajstić information content (AvgIpc) is 3.03. The highest BCUT2D eigenvalue weighted by Gasteiger charge is 2.30. The second kappa shape index (κ2) is 8.70. The molecule has 1 aromatic carbocycles. The van der Waals surface area contributed by atoms with Crippen molar-refractivity contribution in [1.82, 2.24) is 24.8 Å². The van der Waals surface area contributed by atoms with Gasteiger partial charge in [-0.3, -0.25) is 4.90 Å². The van der Waals surface area contributed by atoms with Crippen LogP contribution in [0.1, 0.15) is 29.8 Å². The lowest BCUT2D eigenvalue weighted by Gasteiger charge is -2.32. The second-order valence-electron chi connectivity index (χ2n) is 7.11. The Morgan fingerprint density at radius 1 is 1.27 bits per heavy atom. The molecule has 142 valence electrons. The Bertz CT molecular complexity index is 700. The summed E-state index contributed by atoms with van der Waals surface area (Å²) in [5.74, 6) is 0.0454. The zero-order valence-electron chi connectivity index (χ0n) is 15.9. The molecule has 1 aromatic heterocycles. The number of halogens is 1. The first-order valence-corrected chi connectivity index (χ1v) is 9.18. The molecular formula is C19H28FN5O. The van der Waals surface area contributed by atoms with Crippen LogP contribution in [0.25, 0.3) is 0 Å². The quantitative estimate of drug-likeness (QED) is 0.674. The summed E-state index contributed by atoms with van der Waals surface area (Å²) < 4.78 is 21.1. The van der Waals surface area contributed by atoms with Gasteiger partial charge in [0.15, 0.2) is 0 Å². The number of benzene rings is 1. The molecule has 0 radical (unpaired) electrons. The molecule has 1 aliphatic rings. The Morgan fingerprint density at radius 2 is 2.04 bits per heavy atom. The van der Waals surface area contributed by atoms with Gasteiger partial charge in [0, 0.05) is 38.6 Å². The SMILES string of the molecule is CCn1nnc2c1[C@@H](COCCN(C)C)CN(Cc1ccc(F)cc1)C2. The number of hydrogen-bond acceptors (Lipinski definition) is 5. The summed E-state index contributed by atoms with van der Waals surface area (Å²) >= 11 is 0. The van der Waals surface area contributed by atoms with Crippen molar-refractivity contribution >= 4 is 0 Å².